The van der Waals surface area contributed by atoms with Gasteiger partial charge in [0, 0.05) is 44.6 Å². The number of aromatic nitrogens is 5. The maximum atomic E-state index is 12.1. The van der Waals surface area contributed by atoms with Gasteiger partial charge in [-0.3, -0.25) is 9.20 Å². The predicted octanol–water partition coefficient (Wildman–Crippen LogP) is 4.77. The first-order chi connectivity index (χ1) is 16.2. The fourth-order valence-electron chi connectivity index (χ4n) is 3.41. The van der Waals surface area contributed by atoms with Crippen LogP contribution in [0.2, 0.25) is 25.7 Å². The van der Waals surface area contributed by atoms with Crippen LogP contribution in [0.15, 0.2) is 36.2 Å². The second-order valence-corrected chi connectivity index (χ2v) is 15.9. The monoisotopic (exact) mass is 497 g/mol. The molecule has 34 heavy (non-hydrogen) atoms. The lowest BCUT2D eigenvalue weighted by Gasteiger charge is -2.15. The normalized spacial score (nSPS) is 11.8. The summed E-state index contributed by atoms with van der Waals surface area (Å²) < 4.78 is 9.63. The Morgan fingerprint density at radius 2 is 2.06 bits per heavy atom. The fourth-order valence-corrected chi connectivity index (χ4v) is 4.95. The Balaban J connectivity index is 1.52. The SMILES string of the molecule is CCNC(=O)c1csc(Nc2nc(C)cn3c(-c4cnn(COCC[Si](C)(C)C)c4)cnc23)c1. The number of nitrogens with one attached hydrogen (secondary N) is 2. The van der Waals surface area contributed by atoms with Crippen LogP contribution in [0, 0.1) is 6.92 Å². The van der Waals surface area contributed by atoms with E-state index in [1.807, 2.05) is 54.5 Å². The van der Waals surface area contributed by atoms with Crippen LogP contribution in [-0.2, 0) is 11.5 Å². The fraction of sp³-hybridized carbons (Fsp3) is 0.391. The highest BCUT2D eigenvalue weighted by molar-refractivity contribution is 7.14. The van der Waals surface area contributed by atoms with E-state index >= 15 is 0 Å². The first kappa shape index (κ1) is 24.1. The molecule has 4 aromatic rings. The van der Waals surface area contributed by atoms with E-state index in [1.54, 1.807) is 4.68 Å². The van der Waals surface area contributed by atoms with Crippen LogP contribution in [0.25, 0.3) is 16.9 Å². The van der Waals surface area contributed by atoms with Crippen LogP contribution < -0.4 is 10.6 Å². The molecular formula is C23H31N7O2SSi. The summed E-state index contributed by atoms with van der Waals surface area (Å²) in [6.45, 7) is 12.6. The molecule has 180 valence electrons. The van der Waals surface area contributed by atoms with E-state index in [9.17, 15) is 4.79 Å². The molecule has 4 rings (SSSR count). The number of hydrogen-bond donors (Lipinski definition) is 2. The third-order valence-corrected chi connectivity index (χ3v) is 7.75. The Labute approximate surface area is 204 Å². The van der Waals surface area contributed by atoms with Crippen molar-refractivity contribution in [2.75, 3.05) is 18.5 Å². The molecule has 0 atom stereocenters. The van der Waals surface area contributed by atoms with Crippen LogP contribution in [-0.4, -0.2) is 51.3 Å². The van der Waals surface area contributed by atoms with Gasteiger partial charge >= 0.3 is 0 Å². The minimum Gasteiger partial charge on any atom is -0.360 e. The highest BCUT2D eigenvalue weighted by atomic mass is 32.1. The van der Waals surface area contributed by atoms with E-state index < -0.39 is 8.07 Å². The molecule has 0 bridgehead atoms. The number of fused-ring (bicyclic) bond motifs is 1. The molecule has 0 aliphatic rings. The molecule has 2 N–H and O–H groups in total. The third kappa shape index (κ3) is 5.72. The zero-order valence-corrected chi connectivity index (χ0v) is 22.1. The summed E-state index contributed by atoms with van der Waals surface area (Å²) in [5, 5.41) is 13.3. The number of nitrogens with zero attached hydrogens (tertiary/aromatic N) is 5. The van der Waals surface area contributed by atoms with Crippen LogP contribution in [0.1, 0.15) is 23.0 Å². The van der Waals surface area contributed by atoms with Crippen LogP contribution in [0.4, 0.5) is 10.8 Å². The van der Waals surface area contributed by atoms with E-state index in [-0.39, 0.29) is 5.91 Å². The van der Waals surface area contributed by atoms with Crippen molar-refractivity contribution < 1.29 is 9.53 Å². The van der Waals surface area contributed by atoms with E-state index in [0.29, 0.717) is 30.3 Å². The molecule has 0 aromatic carbocycles. The van der Waals surface area contributed by atoms with Crippen molar-refractivity contribution in [3.05, 3.63) is 47.5 Å². The van der Waals surface area contributed by atoms with Crippen molar-refractivity contribution in [2.24, 2.45) is 0 Å². The smallest absolute Gasteiger partial charge is 0.252 e. The first-order valence-electron chi connectivity index (χ1n) is 11.3. The summed E-state index contributed by atoms with van der Waals surface area (Å²) in [5.74, 6) is 0.552. The van der Waals surface area contributed by atoms with Crippen LogP contribution >= 0.6 is 11.3 Å². The van der Waals surface area contributed by atoms with Gasteiger partial charge in [0.1, 0.15) is 6.73 Å². The Morgan fingerprint density at radius 3 is 2.82 bits per heavy atom. The number of amides is 1. The molecule has 0 saturated heterocycles. The number of rotatable bonds is 10. The second kappa shape index (κ2) is 10.1. The summed E-state index contributed by atoms with van der Waals surface area (Å²) in [7, 11) is -1.11. The van der Waals surface area contributed by atoms with Gasteiger partial charge in [-0.15, -0.1) is 11.3 Å². The minimum atomic E-state index is -1.11. The quantitative estimate of drug-likeness (QED) is 0.242. The van der Waals surface area contributed by atoms with Gasteiger partial charge in [0.05, 0.1) is 34.3 Å². The summed E-state index contributed by atoms with van der Waals surface area (Å²) in [4.78, 5) is 21.3. The number of imidazole rings is 1. The molecule has 0 aliphatic carbocycles. The maximum Gasteiger partial charge on any atom is 0.252 e. The standard InChI is InChI=1S/C23H31N7O2SSi/c1-6-24-23(31)17-9-20(33-14-17)28-21-22-25-11-19(30(22)12-16(2)27-21)18-10-26-29(13-18)15-32-7-8-34(3,4)5/h9-14H,6-8,15H2,1-5H3,(H,24,31)(H,27,28). The van der Waals surface area contributed by atoms with Gasteiger partial charge in [-0.1, -0.05) is 19.6 Å². The van der Waals surface area contributed by atoms with Crippen LogP contribution in [0.5, 0.6) is 0 Å². The summed E-state index contributed by atoms with van der Waals surface area (Å²) in [5.41, 5.74) is 4.05. The number of carbonyl (C=O) groups is 1. The topological polar surface area (TPSA) is 98.4 Å². The van der Waals surface area contributed by atoms with E-state index in [1.165, 1.54) is 11.3 Å². The molecule has 0 aliphatic heterocycles. The van der Waals surface area contributed by atoms with Gasteiger partial charge in [0.2, 0.25) is 0 Å². The molecule has 0 fully saturated rings. The molecule has 9 nitrogen and oxygen atoms in total. The highest BCUT2D eigenvalue weighted by Gasteiger charge is 2.16. The Morgan fingerprint density at radius 1 is 1.24 bits per heavy atom. The summed E-state index contributed by atoms with van der Waals surface area (Å²) in [6.07, 6.45) is 7.58. The van der Waals surface area contributed by atoms with Crippen LogP contribution in [0.3, 0.4) is 0 Å². The minimum absolute atomic E-state index is 0.0845. The van der Waals surface area contributed by atoms with E-state index in [4.69, 9.17) is 4.74 Å². The molecule has 1 amide bonds. The van der Waals surface area contributed by atoms with Crippen molar-refractivity contribution in [3.63, 3.8) is 0 Å². The van der Waals surface area contributed by atoms with Crippen molar-refractivity contribution in [3.8, 4) is 11.3 Å². The van der Waals surface area contributed by atoms with E-state index in [2.05, 4.69) is 45.3 Å². The number of ether oxygens (including phenoxy) is 1. The maximum absolute atomic E-state index is 12.1. The van der Waals surface area contributed by atoms with Crippen molar-refractivity contribution in [1.29, 1.82) is 0 Å². The first-order valence-corrected chi connectivity index (χ1v) is 15.9. The average Bonchev–Trinajstić information content (AvgIpc) is 3.50. The predicted molar refractivity (Wildman–Crippen MR) is 139 cm³/mol. The van der Waals surface area contributed by atoms with Crippen molar-refractivity contribution >= 4 is 41.8 Å². The second-order valence-electron chi connectivity index (χ2n) is 9.37. The molecular weight excluding hydrogens is 466 g/mol. The number of aryl methyl sites for hydroxylation is 1. The van der Waals surface area contributed by atoms with Gasteiger partial charge < -0.3 is 15.4 Å². The van der Waals surface area contributed by atoms with Gasteiger partial charge in [0.25, 0.3) is 5.91 Å². The third-order valence-electron chi connectivity index (χ3n) is 5.20. The lowest BCUT2D eigenvalue weighted by Crippen LogP contribution is -2.22. The molecule has 0 radical (unpaired) electrons. The van der Waals surface area contributed by atoms with Crippen molar-refractivity contribution in [1.82, 2.24) is 29.5 Å². The van der Waals surface area contributed by atoms with E-state index in [0.717, 1.165) is 34.6 Å². The Kier molecular flexibility index (Phi) is 7.15. The Hall–Kier alpha value is -3.02. The zero-order valence-electron chi connectivity index (χ0n) is 20.3. The molecule has 0 saturated carbocycles. The molecule has 11 heteroatoms. The average molecular weight is 498 g/mol. The van der Waals surface area contributed by atoms with Gasteiger partial charge in [-0.05, 0) is 26.0 Å². The van der Waals surface area contributed by atoms with Gasteiger partial charge in [-0.25, -0.2) is 14.6 Å². The Bertz CT molecular complexity index is 1290. The number of anilines is 2. The number of hydrogen-bond acceptors (Lipinski definition) is 7. The zero-order chi connectivity index (χ0) is 24.3. The molecule has 0 unspecified atom stereocenters. The molecule has 0 spiro atoms. The number of thiophene rings is 1. The number of carbonyl (C=O) groups excluding carboxylic acids is 1. The molecule has 4 heterocycles. The lowest BCUT2D eigenvalue weighted by molar-refractivity contribution is 0.0786. The largest absolute Gasteiger partial charge is 0.360 e. The van der Waals surface area contributed by atoms with Gasteiger partial charge in [-0.2, -0.15) is 5.10 Å². The summed E-state index contributed by atoms with van der Waals surface area (Å²) >= 11 is 1.46. The van der Waals surface area contributed by atoms with Crippen molar-refractivity contribution in [2.45, 2.75) is 46.3 Å². The lowest BCUT2D eigenvalue weighted by atomic mass is 10.3. The highest BCUT2D eigenvalue weighted by Crippen LogP contribution is 2.28. The van der Waals surface area contributed by atoms with Gasteiger partial charge in [0.15, 0.2) is 11.5 Å². The summed E-state index contributed by atoms with van der Waals surface area (Å²) in [6, 6.07) is 2.96. The molecule has 4 aromatic heterocycles.